The second kappa shape index (κ2) is 4.42. The first kappa shape index (κ1) is 12.1. The van der Waals surface area contributed by atoms with Gasteiger partial charge in [-0.1, -0.05) is 12.1 Å². The molecule has 0 aliphatic carbocycles. The molecule has 0 bridgehead atoms. The van der Waals surface area contributed by atoms with Crippen molar-refractivity contribution in [3.63, 3.8) is 0 Å². The fourth-order valence-electron chi connectivity index (χ4n) is 2.32. The van der Waals surface area contributed by atoms with Gasteiger partial charge in [0.05, 0.1) is 16.6 Å². The summed E-state index contributed by atoms with van der Waals surface area (Å²) < 4.78 is 3.10. The number of thiol groups is 1. The minimum atomic E-state index is -0.168. The molecule has 6 nitrogen and oxygen atoms in total. The zero-order valence-electron chi connectivity index (χ0n) is 10.7. The molecule has 3 heterocycles. The summed E-state index contributed by atoms with van der Waals surface area (Å²) in [5, 5.41) is 4.57. The summed E-state index contributed by atoms with van der Waals surface area (Å²) in [7, 11) is 0. The third-order valence-corrected chi connectivity index (χ3v) is 3.69. The van der Waals surface area contributed by atoms with Crippen molar-refractivity contribution in [1.29, 1.82) is 0 Å². The van der Waals surface area contributed by atoms with Gasteiger partial charge in [-0.2, -0.15) is 14.6 Å². The number of aromatic nitrogens is 5. The third-order valence-electron chi connectivity index (χ3n) is 3.31. The summed E-state index contributed by atoms with van der Waals surface area (Å²) in [6, 6.07) is 9.24. The predicted octanol–water partition coefficient (Wildman–Crippen LogP) is 1.72. The highest BCUT2D eigenvalue weighted by Gasteiger charge is 2.10. The van der Waals surface area contributed by atoms with E-state index in [2.05, 4.69) is 27.7 Å². The van der Waals surface area contributed by atoms with Gasteiger partial charge in [0, 0.05) is 17.3 Å². The number of fused-ring (bicyclic) bond motifs is 3. The molecule has 0 aliphatic heterocycles. The standard InChI is InChI=1S/C14H9N5OS/c20-13-9-7-15-14-16-8-17-19(14)10(9)5-6-18(13)11-3-1-2-4-12(11)21/h1-8,21H. The number of para-hydroxylation sites is 1. The Hall–Kier alpha value is -2.67. The minimum Gasteiger partial charge on any atom is -0.282 e. The summed E-state index contributed by atoms with van der Waals surface area (Å²) in [5.74, 6) is 0.467. The molecule has 1 aromatic carbocycles. The first-order valence-electron chi connectivity index (χ1n) is 6.24. The van der Waals surface area contributed by atoms with Crippen LogP contribution in [-0.4, -0.2) is 24.1 Å². The normalized spacial score (nSPS) is 11.3. The summed E-state index contributed by atoms with van der Waals surface area (Å²) in [4.78, 5) is 21.6. The molecule has 0 unspecified atom stereocenters. The van der Waals surface area contributed by atoms with Crippen molar-refractivity contribution in [3.05, 3.63) is 59.4 Å². The molecule has 102 valence electrons. The molecule has 0 N–H and O–H groups in total. The van der Waals surface area contributed by atoms with Crippen LogP contribution >= 0.6 is 12.6 Å². The third kappa shape index (κ3) is 1.74. The van der Waals surface area contributed by atoms with E-state index < -0.39 is 0 Å². The lowest BCUT2D eigenvalue weighted by atomic mass is 10.2. The summed E-state index contributed by atoms with van der Waals surface area (Å²) in [6.45, 7) is 0. The molecule has 4 rings (SSSR count). The van der Waals surface area contributed by atoms with Gasteiger partial charge in [-0.05, 0) is 18.2 Å². The Morgan fingerprint density at radius 3 is 2.81 bits per heavy atom. The van der Waals surface area contributed by atoms with Crippen molar-refractivity contribution in [2.75, 3.05) is 0 Å². The second-order valence-electron chi connectivity index (χ2n) is 4.51. The van der Waals surface area contributed by atoms with Crippen molar-refractivity contribution in [1.82, 2.24) is 24.1 Å². The zero-order valence-corrected chi connectivity index (χ0v) is 11.6. The predicted molar refractivity (Wildman–Crippen MR) is 81.1 cm³/mol. The number of hydrogen-bond donors (Lipinski definition) is 1. The molecule has 0 radical (unpaired) electrons. The van der Waals surface area contributed by atoms with E-state index in [4.69, 9.17) is 0 Å². The van der Waals surface area contributed by atoms with Gasteiger partial charge in [-0.3, -0.25) is 9.36 Å². The summed E-state index contributed by atoms with van der Waals surface area (Å²) in [5.41, 5.74) is 1.24. The molecular weight excluding hydrogens is 286 g/mol. The van der Waals surface area contributed by atoms with Gasteiger partial charge in [-0.25, -0.2) is 4.98 Å². The highest BCUT2D eigenvalue weighted by Crippen LogP contribution is 2.18. The van der Waals surface area contributed by atoms with E-state index >= 15 is 0 Å². The van der Waals surface area contributed by atoms with Crippen molar-refractivity contribution in [2.45, 2.75) is 4.90 Å². The van der Waals surface area contributed by atoms with Gasteiger partial charge in [0.25, 0.3) is 11.3 Å². The van der Waals surface area contributed by atoms with Crippen LogP contribution in [0.15, 0.2) is 58.7 Å². The molecule has 0 aliphatic rings. The fourth-order valence-corrected chi connectivity index (χ4v) is 2.59. The Bertz CT molecular complexity index is 1040. The number of nitrogens with zero attached hydrogens (tertiary/aromatic N) is 5. The van der Waals surface area contributed by atoms with Gasteiger partial charge in [0.1, 0.15) is 6.33 Å². The van der Waals surface area contributed by atoms with E-state index in [0.717, 1.165) is 10.6 Å². The van der Waals surface area contributed by atoms with E-state index in [1.165, 1.54) is 12.5 Å². The molecule has 0 saturated heterocycles. The maximum absolute atomic E-state index is 12.7. The van der Waals surface area contributed by atoms with Crippen LogP contribution in [0, 0.1) is 0 Å². The number of hydrogen-bond acceptors (Lipinski definition) is 5. The SMILES string of the molecule is O=c1c2cnc3ncnn3c2ccn1-c1ccccc1S. The molecule has 0 atom stereocenters. The van der Waals surface area contributed by atoms with Crippen LogP contribution < -0.4 is 5.56 Å². The monoisotopic (exact) mass is 295 g/mol. The van der Waals surface area contributed by atoms with E-state index in [9.17, 15) is 4.79 Å². The van der Waals surface area contributed by atoms with Gasteiger partial charge in [0.15, 0.2) is 0 Å². The van der Waals surface area contributed by atoms with Crippen molar-refractivity contribution in [2.24, 2.45) is 0 Å². The highest BCUT2D eigenvalue weighted by atomic mass is 32.1. The molecule has 0 spiro atoms. The Labute approximate surface area is 124 Å². The average molecular weight is 295 g/mol. The first-order chi connectivity index (χ1) is 10.3. The molecule has 3 aromatic heterocycles. The second-order valence-corrected chi connectivity index (χ2v) is 4.99. The van der Waals surface area contributed by atoms with E-state index in [-0.39, 0.29) is 5.56 Å². The lowest BCUT2D eigenvalue weighted by Crippen LogP contribution is -2.19. The molecular formula is C14H9N5OS. The maximum atomic E-state index is 12.7. The van der Waals surface area contributed by atoms with Gasteiger partial charge in [-0.15, -0.1) is 12.6 Å². The van der Waals surface area contributed by atoms with Gasteiger partial charge < -0.3 is 0 Å². The quantitative estimate of drug-likeness (QED) is 0.543. The molecule has 21 heavy (non-hydrogen) atoms. The highest BCUT2D eigenvalue weighted by molar-refractivity contribution is 7.80. The zero-order chi connectivity index (χ0) is 14.4. The van der Waals surface area contributed by atoms with E-state index in [1.54, 1.807) is 15.3 Å². The van der Waals surface area contributed by atoms with Crippen LogP contribution in [-0.2, 0) is 0 Å². The van der Waals surface area contributed by atoms with E-state index in [1.807, 2.05) is 30.3 Å². The van der Waals surface area contributed by atoms with Crippen LogP contribution in [0.3, 0.4) is 0 Å². The topological polar surface area (TPSA) is 65.1 Å². The van der Waals surface area contributed by atoms with Gasteiger partial charge >= 0.3 is 0 Å². The Morgan fingerprint density at radius 2 is 1.95 bits per heavy atom. The van der Waals surface area contributed by atoms with Crippen molar-refractivity contribution < 1.29 is 0 Å². The van der Waals surface area contributed by atoms with E-state index in [0.29, 0.717) is 16.7 Å². The van der Waals surface area contributed by atoms with Gasteiger partial charge in [0.2, 0.25) is 0 Å². The Balaban J connectivity index is 2.10. The molecule has 7 heteroatoms. The summed E-state index contributed by atoms with van der Waals surface area (Å²) >= 11 is 4.40. The van der Waals surface area contributed by atoms with Crippen LogP contribution in [0.5, 0.6) is 0 Å². The smallest absolute Gasteiger partial charge is 0.266 e. The molecule has 0 saturated carbocycles. The van der Waals surface area contributed by atoms with Crippen molar-refractivity contribution in [3.8, 4) is 5.69 Å². The fraction of sp³-hybridized carbons (Fsp3) is 0. The maximum Gasteiger partial charge on any atom is 0.266 e. The first-order valence-corrected chi connectivity index (χ1v) is 6.69. The van der Waals surface area contributed by atoms with Crippen LogP contribution in [0.4, 0.5) is 0 Å². The van der Waals surface area contributed by atoms with Crippen LogP contribution in [0.1, 0.15) is 0 Å². The van der Waals surface area contributed by atoms with Crippen LogP contribution in [0.25, 0.3) is 22.4 Å². The number of benzene rings is 1. The number of rotatable bonds is 1. The molecule has 0 amide bonds. The number of pyridine rings is 1. The Morgan fingerprint density at radius 1 is 1.10 bits per heavy atom. The Kier molecular flexibility index (Phi) is 2.55. The lowest BCUT2D eigenvalue weighted by Gasteiger charge is -2.09. The summed E-state index contributed by atoms with van der Waals surface area (Å²) in [6.07, 6.45) is 4.65. The molecule has 0 fully saturated rings. The molecule has 4 aromatic rings. The average Bonchev–Trinajstić information content (AvgIpc) is 2.97. The van der Waals surface area contributed by atoms with Crippen molar-refractivity contribution >= 4 is 29.3 Å². The van der Waals surface area contributed by atoms with Crippen LogP contribution in [0.2, 0.25) is 0 Å². The lowest BCUT2D eigenvalue weighted by molar-refractivity contribution is 0.947. The minimum absolute atomic E-state index is 0.168. The largest absolute Gasteiger partial charge is 0.282 e.